The molecule has 0 aromatic rings. The Morgan fingerprint density at radius 2 is 1.71 bits per heavy atom. The number of carbonyl (C=O) groups excluding carboxylic acids is 1. The number of hydrogen-bond acceptors (Lipinski definition) is 3. The third-order valence-corrected chi connectivity index (χ3v) is 4.38. The molecule has 0 aliphatic rings. The van der Waals surface area contributed by atoms with Gasteiger partial charge in [0, 0.05) is 16.1 Å². The second-order valence-corrected chi connectivity index (χ2v) is 7.41. The van der Waals surface area contributed by atoms with Crippen molar-refractivity contribution in [2.24, 2.45) is 11.3 Å². The van der Waals surface area contributed by atoms with Gasteiger partial charge in [-0.2, -0.15) is 0 Å². The Balaban J connectivity index is 4.37. The molecule has 1 unspecified atom stereocenters. The van der Waals surface area contributed by atoms with Crippen molar-refractivity contribution >= 4 is 28.2 Å². The lowest BCUT2D eigenvalue weighted by atomic mass is 9.80. The van der Waals surface area contributed by atoms with Gasteiger partial charge >= 0.3 is 0 Å². The van der Waals surface area contributed by atoms with Crippen molar-refractivity contribution in [1.82, 2.24) is 0 Å². The summed E-state index contributed by atoms with van der Waals surface area (Å²) >= 11 is 4.22. The second-order valence-electron chi connectivity index (χ2n) is 5.57. The largest absolute Gasteiger partial charge is 0.299 e. The zero-order valence-corrected chi connectivity index (χ0v) is 11.8. The number of Topliss-reactive ketones (excluding diaryl/α,β-unsaturated/α-hetero) is 1. The molecule has 0 amide bonds. The maximum Gasteiger partial charge on any atom is 0.141 e. The summed E-state index contributed by atoms with van der Waals surface area (Å²) in [6, 6.07) is 0. The van der Waals surface area contributed by atoms with Crippen LogP contribution >= 0.6 is 22.5 Å². The van der Waals surface area contributed by atoms with Crippen molar-refractivity contribution in [1.29, 1.82) is 0 Å². The van der Waals surface area contributed by atoms with E-state index in [1.807, 2.05) is 27.7 Å². The molecule has 0 N–H and O–H groups in total. The van der Waals surface area contributed by atoms with Gasteiger partial charge in [-0.1, -0.05) is 38.5 Å². The van der Waals surface area contributed by atoms with Crippen LogP contribution in [0.25, 0.3) is 0 Å². The summed E-state index contributed by atoms with van der Waals surface area (Å²) in [5, 5.41) is 0. The summed E-state index contributed by atoms with van der Waals surface area (Å²) in [6.07, 6.45) is 0.886. The minimum Gasteiger partial charge on any atom is -0.299 e. The lowest BCUT2D eigenvalue weighted by Crippen LogP contribution is -2.30. The van der Waals surface area contributed by atoms with Crippen molar-refractivity contribution in [2.75, 3.05) is 0 Å². The zero-order valence-electron chi connectivity index (χ0n) is 10.0. The molecule has 0 aliphatic carbocycles. The van der Waals surface area contributed by atoms with Crippen molar-refractivity contribution in [3.8, 4) is 0 Å². The molecule has 14 heavy (non-hydrogen) atoms. The van der Waals surface area contributed by atoms with Gasteiger partial charge in [0.2, 0.25) is 0 Å². The Morgan fingerprint density at radius 3 is 2.00 bits per heavy atom. The zero-order chi connectivity index (χ0) is 11.6. The van der Waals surface area contributed by atoms with E-state index >= 15 is 0 Å². The van der Waals surface area contributed by atoms with E-state index in [4.69, 9.17) is 0 Å². The molecule has 0 radical (unpaired) electrons. The highest BCUT2D eigenvalue weighted by Gasteiger charge is 2.30. The maximum atomic E-state index is 11.9. The van der Waals surface area contributed by atoms with Gasteiger partial charge in [0.15, 0.2) is 0 Å². The van der Waals surface area contributed by atoms with E-state index in [0.29, 0.717) is 5.78 Å². The average molecular weight is 234 g/mol. The molecular weight excluding hydrogens is 212 g/mol. The molecule has 0 aromatic carbocycles. The highest BCUT2D eigenvalue weighted by atomic mass is 33.1. The van der Waals surface area contributed by atoms with Gasteiger partial charge in [-0.15, -0.1) is 11.7 Å². The summed E-state index contributed by atoms with van der Waals surface area (Å²) < 4.78 is 0.0729. The molecule has 1 atom stereocenters. The lowest BCUT2D eigenvalue weighted by molar-refractivity contribution is -0.130. The number of thiol groups is 1. The van der Waals surface area contributed by atoms with Crippen LogP contribution in [0, 0.1) is 11.3 Å². The molecule has 0 spiro atoms. The minimum atomic E-state index is -0.225. The van der Waals surface area contributed by atoms with Crippen LogP contribution in [0.2, 0.25) is 0 Å². The first-order valence-corrected chi connectivity index (χ1v) is 6.84. The first kappa shape index (κ1) is 14.4. The number of ketones is 1. The van der Waals surface area contributed by atoms with E-state index in [9.17, 15) is 4.79 Å². The fraction of sp³-hybridized carbons (Fsp3) is 0.909. The van der Waals surface area contributed by atoms with Gasteiger partial charge in [0.05, 0.1) is 0 Å². The Labute approximate surface area is 97.2 Å². The number of carbonyl (C=O) groups is 1. The van der Waals surface area contributed by atoms with Gasteiger partial charge in [0.25, 0.3) is 0 Å². The van der Waals surface area contributed by atoms with Gasteiger partial charge in [0.1, 0.15) is 5.78 Å². The third-order valence-electron chi connectivity index (χ3n) is 2.23. The number of rotatable bonds is 4. The SMILES string of the molecule is CC(CC(C)(C)SS)C(=O)C(C)(C)C. The molecule has 3 heteroatoms. The van der Waals surface area contributed by atoms with E-state index in [0.717, 1.165) is 6.42 Å². The predicted molar refractivity (Wildman–Crippen MR) is 68.9 cm³/mol. The van der Waals surface area contributed by atoms with Crippen LogP contribution in [-0.4, -0.2) is 10.5 Å². The van der Waals surface area contributed by atoms with E-state index in [1.165, 1.54) is 10.8 Å². The highest BCUT2D eigenvalue weighted by molar-refractivity contribution is 8.69. The fourth-order valence-corrected chi connectivity index (χ4v) is 2.15. The van der Waals surface area contributed by atoms with E-state index in [1.54, 1.807) is 0 Å². The average Bonchev–Trinajstić information content (AvgIpc) is 2.00. The fourth-order valence-electron chi connectivity index (χ4n) is 1.61. The Morgan fingerprint density at radius 1 is 1.29 bits per heavy atom. The van der Waals surface area contributed by atoms with E-state index in [-0.39, 0.29) is 16.1 Å². The van der Waals surface area contributed by atoms with Gasteiger partial charge in [-0.25, -0.2) is 0 Å². The normalized spacial score (nSPS) is 15.4. The topological polar surface area (TPSA) is 17.1 Å². The quantitative estimate of drug-likeness (QED) is 0.585. The molecule has 0 saturated carbocycles. The van der Waals surface area contributed by atoms with Crippen LogP contribution < -0.4 is 0 Å². The molecule has 1 nitrogen and oxygen atoms in total. The Bertz CT molecular complexity index is 204. The van der Waals surface area contributed by atoms with Gasteiger partial charge < -0.3 is 0 Å². The standard InChI is InChI=1S/C11H22OS2/c1-8(7-11(5,6)14-13)9(12)10(2,3)4/h8,13H,7H2,1-6H3. The summed E-state index contributed by atoms with van der Waals surface area (Å²) in [6.45, 7) is 12.2. The number of hydrogen-bond donors (Lipinski definition) is 1. The molecule has 0 aromatic heterocycles. The monoisotopic (exact) mass is 234 g/mol. The van der Waals surface area contributed by atoms with Crippen LogP contribution in [0.5, 0.6) is 0 Å². The van der Waals surface area contributed by atoms with Crippen molar-refractivity contribution in [2.45, 2.75) is 52.7 Å². The molecule has 0 saturated heterocycles. The van der Waals surface area contributed by atoms with Crippen LogP contribution in [-0.2, 0) is 4.79 Å². The highest BCUT2D eigenvalue weighted by Crippen LogP contribution is 2.35. The van der Waals surface area contributed by atoms with Crippen LogP contribution in [0.15, 0.2) is 0 Å². The Hall–Kier alpha value is 0.370. The molecule has 0 rings (SSSR count). The summed E-state index contributed by atoms with van der Waals surface area (Å²) in [4.78, 5) is 11.9. The first-order valence-electron chi connectivity index (χ1n) is 4.97. The van der Waals surface area contributed by atoms with Crippen molar-refractivity contribution in [3.63, 3.8) is 0 Å². The molecule has 0 aliphatic heterocycles. The van der Waals surface area contributed by atoms with Crippen molar-refractivity contribution in [3.05, 3.63) is 0 Å². The third kappa shape index (κ3) is 4.74. The molecular formula is C11H22OS2. The van der Waals surface area contributed by atoms with Gasteiger partial charge in [-0.3, -0.25) is 4.79 Å². The maximum absolute atomic E-state index is 11.9. The molecule has 0 heterocycles. The van der Waals surface area contributed by atoms with E-state index in [2.05, 4.69) is 25.5 Å². The van der Waals surface area contributed by atoms with Gasteiger partial charge in [-0.05, 0) is 20.3 Å². The Kier molecular flexibility index (Phi) is 5.06. The van der Waals surface area contributed by atoms with Crippen LogP contribution in [0.3, 0.4) is 0 Å². The molecule has 84 valence electrons. The summed E-state index contributed by atoms with van der Waals surface area (Å²) in [5.41, 5.74) is -0.225. The van der Waals surface area contributed by atoms with E-state index < -0.39 is 0 Å². The minimum absolute atomic E-state index is 0.0729. The van der Waals surface area contributed by atoms with Crippen LogP contribution in [0.1, 0.15) is 48.0 Å². The first-order chi connectivity index (χ1) is 6.10. The lowest BCUT2D eigenvalue weighted by Gasteiger charge is -2.28. The summed E-state index contributed by atoms with van der Waals surface area (Å²) in [7, 11) is 1.53. The molecule has 0 fully saturated rings. The second kappa shape index (κ2) is 4.93. The molecule has 0 bridgehead atoms. The van der Waals surface area contributed by atoms with Crippen molar-refractivity contribution < 1.29 is 4.79 Å². The van der Waals surface area contributed by atoms with Crippen LogP contribution in [0.4, 0.5) is 0 Å². The summed E-state index contributed by atoms with van der Waals surface area (Å²) in [5.74, 6) is 0.456. The smallest absolute Gasteiger partial charge is 0.141 e. The predicted octanol–water partition coefficient (Wildman–Crippen LogP) is 3.98.